The lowest BCUT2D eigenvalue weighted by Crippen LogP contribution is -2.32. The second kappa shape index (κ2) is 11.7. The van der Waals surface area contributed by atoms with E-state index in [0.717, 1.165) is 78.4 Å². The lowest BCUT2D eigenvalue weighted by atomic mass is 9.85. The predicted octanol–water partition coefficient (Wildman–Crippen LogP) is 14.0. The van der Waals surface area contributed by atoms with Gasteiger partial charge in [-0.3, -0.25) is 0 Å². The summed E-state index contributed by atoms with van der Waals surface area (Å²) in [5.74, 6) is 0.916. The fourth-order valence-corrected chi connectivity index (χ4v) is 9.29. The highest BCUT2D eigenvalue weighted by Gasteiger charge is 2.34. The first-order valence-electron chi connectivity index (χ1n) is 19.2. The number of nitrogens with zero attached hydrogens (tertiary/aromatic N) is 2. The molecule has 0 bridgehead atoms. The van der Waals surface area contributed by atoms with Gasteiger partial charge in [0.2, 0.25) is 0 Å². The van der Waals surface area contributed by atoms with Crippen LogP contribution >= 0.6 is 0 Å². The summed E-state index contributed by atoms with van der Waals surface area (Å²) >= 11 is 0. The van der Waals surface area contributed by atoms with Crippen LogP contribution in [0.1, 0.15) is 18.2 Å². The van der Waals surface area contributed by atoms with Crippen LogP contribution in [0.2, 0.25) is 0 Å². The molecule has 0 spiro atoms. The summed E-state index contributed by atoms with van der Waals surface area (Å²) in [6.07, 6.45) is 5.30. The molecule has 56 heavy (non-hydrogen) atoms. The maximum absolute atomic E-state index is 6.79. The lowest BCUT2D eigenvalue weighted by molar-refractivity contribution is 0.425. The van der Waals surface area contributed by atoms with Gasteiger partial charge in [-0.05, 0) is 78.0 Å². The van der Waals surface area contributed by atoms with Crippen LogP contribution in [0.25, 0.3) is 105 Å². The van der Waals surface area contributed by atoms with Crippen LogP contribution < -0.4 is 0 Å². The zero-order valence-corrected chi connectivity index (χ0v) is 30.7. The lowest BCUT2D eigenvalue weighted by Gasteiger charge is -2.32. The van der Waals surface area contributed by atoms with Crippen LogP contribution in [-0.4, -0.2) is 9.55 Å². The van der Waals surface area contributed by atoms with Gasteiger partial charge in [-0.15, -0.1) is 0 Å². The quantitative estimate of drug-likeness (QED) is 0.182. The predicted molar refractivity (Wildman–Crippen MR) is 231 cm³/mol. The van der Waals surface area contributed by atoms with Gasteiger partial charge in [-0.25, -0.2) is 4.98 Å². The number of benzene rings is 7. The van der Waals surface area contributed by atoms with Gasteiger partial charge in [0.1, 0.15) is 22.5 Å². The number of rotatable bonds is 4. The van der Waals surface area contributed by atoms with Gasteiger partial charge in [0.15, 0.2) is 0 Å². The molecule has 4 nitrogen and oxygen atoms in total. The Hall–Kier alpha value is -7.17. The maximum atomic E-state index is 6.79. The molecule has 0 saturated heterocycles. The van der Waals surface area contributed by atoms with E-state index in [1.54, 1.807) is 0 Å². The maximum Gasteiger partial charge on any atom is 0.144 e. The van der Waals surface area contributed by atoms with Crippen LogP contribution in [0.3, 0.4) is 0 Å². The van der Waals surface area contributed by atoms with E-state index in [2.05, 4.69) is 169 Å². The zero-order valence-electron chi connectivity index (χ0n) is 30.7. The molecule has 11 aromatic rings. The molecular formula is C52H34N2O2. The van der Waals surface area contributed by atoms with E-state index < -0.39 is 0 Å². The minimum absolute atomic E-state index is 0.348. The molecule has 264 valence electrons. The number of pyridine rings is 1. The number of hydrogen-bond acceptors (Lipinski definition) is 3. The molecular weight excluding hydrogens is 685 g/mol. The van der Waals surface area contributed by atoms with E-state index in [9.17, 15) is 0 Å². The van der Waals surface area contributed by atoms with E-state index in [0.29, 0.717) is 0 Å². The molecule has 0 fully saturated rings. The summed E-state index contributed by atoms with van der Waals surface area (Å²) < 4.78 is 15.5. The Kier molecular flexibility index (Phi) is 6.50. The van der Waals surface area contributed by atoms with Crippen molar-refractivity contribution in [2.75, 3.05) is 0 Å². The third-order valence-corrected chi connectivity index (χ3v) is 11.9. The number of aromatic nitrogens is 2. The van der Waals surface area contributed by atoms with Crippen molar-refractivity contribution in [2.24, 2.45) is 0 Å². The van der Waals surface area contributed by atoms with Crippen molar-refractivity contribution in [1.82, 2.24) is 9.55 Å². The van der Waals surface area contributed by atoms with Gasteiger partial charge >= 0.3 is 0 Å². The van der Waals surface area contributed by atoms with Crippen molar-refractivity contribution in [2.45, 2.75) is 18.9 Å². The SMILES string of the molecule is CC1(n2c3ccccc3c3cc(-c4ccc5oc6ccccc6c5c4)ccc32)C=Cc2oc3c(-c4cc5ccccc5c(-c5ccccc5)n4)cccc3c2C1. The Bertz CT molecular complexity index is 3420. The van der Waals surface area contributed by atoms with Gasteiger partial charge in [0, 0.05) is 66.5 Å². The van der Waals surface area contributed by atoms with Crippen molar-refractivity contribution >= 4 is 71.6 Å². The summed E-state index contributed by atoms with van der Waals surface area (Å²) in [7, 11) is 0. The first-order chi connectivity index (χ1) is 27.6. The molecule has 0 aliphatic heterocycles. The minimum atomic E-state index is -0.348. The number of allylic oxidation sites excluding steroid dienone is 1. The normalized spacial score (nSPS) is 15.5. The van der Waals surface area contributed by atoms with Crippen molar-refractivity contribution in [3.8, 4) is 33.6 Å². The van der Waals surface area contributed by atoms with Crippen molar-refractivity contribution in [3.05, 3.63) is 181 Å². The first kappa shape index (κ1) is 31.2. The highest BCUT2D eigenvalue weighted by atomic mass is 16.3. The number of para-hydroxylation sites is 3. The molecule has 0 amide bonds. The average Bonchev–Trinajstić information content (AvgIpc) is 3.92. The van der Waals surface area contributed by atoms with Gasteiger partial charge in [0.25, 0.3) is 0 Å². The highest BCUT2D eigenvalue weighted by Crippen LogP contribution is 2.45. The minimum Gasteiger partial charge on any atom is -0.456 e. The zero-order chi connectivity index (χ0) is 37.0. The Morgan fingerprint density at radius 2 is 1.23 bits per heavy atom. The second-order valence-electron chi connectivity index (χ2n) is 15.3. The van der Waals surface area contributed by atoms with Gasteiger partial charge in [-0.2, -0.15) is 0 Å². The summed E-state index contributed by atoms with van der Waals surface area (Å²) in [4.78, 5) is 5.30. The Morgan fingerprint density at radius 3 is 2.12 bits per heavy atom. The fourth-order valence-electron chi connectivity index (χ4n) is 9.29. The molecule has 4 heteroatoms. The molecule has 1 unspecified atom stereocenters. The van der Waals surface area contributed by atoms with Crippen molar-refractivity contribution in [3.63, 3.8) is 0 Å². The topological polar surface area (TPSA) is 44.1 Å². The Labute approximate surface area is 322 Å². The molecule has 1 aliphatic carbocycles. The van der Waals surface area contributed by atoms with E-state index in [1.165, 1.54) is 38.5 Å². The fraction of sp³-hybridized carbons (Fsp3) is 0.0577. The third kappa shape index (κ3) is 4.56. The van der Waals surface area contributed by atoms with Crippen LogP contribution in [-0.2, 0) is 12.0 Å². The third-order valence-electron chi connectivity index (χ3n) is 11.9. The molecule has 4 aromatic heterocycles. The van der Waals surface area contributed by atoms with Crippen molar-refractivity contribution in [1.29, 1.82) is 0 Å². The van der Waals surface area contributed by atoms with Gasteiger partial charge in [0.05, 0.1) is 16.9 Å². The molecule has 1 atom stereocenters. The van der Waals surface area contributed by atoms with Crippen LogP contribution in [0.4, 0.5) is 0 Å². The molecule has 4 heterocycles. The second-order valence-corrected chi connectivity index (χ2v) is 15.3. The standard InChI is InChI=1S/C52H34N2O2/c1-52(54-45-20-9-7-16-37(45)41-28-33(22-24-46(41)54)34-23-25-48-42(29-34)38-17-8-10-21-47(38)55-48)27-26-49-43(31-52)39-18-11-19-40(51(39)56-49)44-30-35-14-5-6-15-36(35)50(53-44)32-12-3-2-4-13-32/h2-30H,31H2,1H3. The largest absolute Gasteiger partial charge is 0.456 e. The summed E-state index contributed by atoms with van der Waals surface area (Å²) in [6.45, 7) is 2.35. The number of furan rings is 2. The van der Waals surface area contributed by atoms with E-state index >= 15 is 0 Å². The molecule has 7 aromatic carbocycles. The van der Waals surface area contributed by atoms with Crippen LogP contribution in [0.15, 0.2) is 179 Å². The first-order valence-corrected chi connectivity index (χ1v) is 19.2. The Morgan fingerprint density at radius 1 is 0.536 bits per heavy atom. The monoisotopic (exact) mass is 718 g/mol. The molecule has 0 radical (unpaired) electrons. The smallest absolute Gasteiger partial charge is 0.144 e. The van der Waals surface area contributed by atoms with E-state index in [1.807, 2.05) is 18.2 Å². The van der Waals surface area contributed by atoms with Gasteiger partial charge < -0.3 is 13.4 Å². The highest BCUT2D eigenvalue weighted by molar-refractivity contribution is 6.11. The average molecular weight is 719 g/mol. The van der Waals surface area contributed by atoms with Gasteiger partial charge in [-0.1, -0.05) is 121 Å². The molecule has 0 N–H and O–H groups in total. The number of hydrogen-bond donors (Lipinski definition) is 0. The van der Waals surface area contributed by atoms with Crippen molar-refractivity contribution < 1.29 is 8.83 Å². The molecule has 1 aliphatic rings. The number of fused-ring (bicyclic) bond motifs is 10. The Balaban J connectivity index is 0.979. The van der Waals surface area contributed by atoms with Crippen LogP contribution in [0, 0.1) is 0 Å². The molecule has 12 rings (SSSR count). The van der Waals surface area contributed by atoms with E-state index in [4.69, 9.17) is 13.8 Å². The summed E-state index contributed by atoms with van der Waals surface area (Å²) in [5, 5.41) is 8.19. The van der Waals surface area contributed by atoms with E-state index in [-0.39, 0.29) is 5.54 Å². The molecule has 0 saturated carbocycles. The van der Waals surface area contributed by atoms with Crippen LogP contribution in [0.5, 0.6) is 0 Å². The summed E-state index contributed by atoms with van der Waals surface area (Å²) in [6, 6.07) is 58.2. The summed E-state index contributed by atoms with van der Waals surface area (Å²) in [5.41, 5.74) is 12.3.